The highest BCUT2D eigenvalue weighted by atomic mass is 32.2. The van der Waals surface area contributed by atoms with Gasteiger partial charge in [0.15, 0.2) is 0 Å². The number of aryl methyl sites for hydroxylation is 1. The first-order valence-electron chi connectivity index (χ1n) is 7.99. The molecule has 0 aliphatic heterocycles. The van der Waals surface area contributed by atoms with Crippen LogP contribution >= 0.6 is 11.3 Å². The van der Waals surface area contributed by atoms with E-state index in [1.54, 1.807) is 11.3 Å². The molecule has 26 heavy (non-hydrogen) atoms. The predicted octanol–water partition coefficient (Wildman–Crippen LogP) is 3.08. The Balaban J connectivity index is 1.70. The summed E-state index contributed by atoms with van der Waals surface area (Å²) in [5, 5.41) is 17.4. The van der Waals surface area contributed by atoms with Crippen LogP contribution in [0.25, 0.3) is 11.1 Å². The number of thiophene rings is 1. The molecule has 0 unspecified atom stereocenters. The lowest BCUT2D eigenvalue weighted by atomic mass is 10.1. The van der Waals surface area contributed by atoms with Crippen LogP contribution in [0.3, 0.4) is 0 Å². The molecule has 0 spiro atoms. The fourth-order valence-corrected chi connectivity index (χ4v) is 4.48. The lowest BCUT2D eigenvalue weighted by Gasteiger charge is -2.08. The van der Waals surface area contributed by atoms with Crippen molar-refractivity contribution in [1.29, 1.82) is 5.26 Å². The molecular formula is C18H18N4O2S2. The van der Waals surface area contributed by atoms with E-state index < -0.39 is 10.0 Å². The zero-order chi connectivity index (χ0) is 18.7. The Labute approximate surface area is 156 Å². The van der Waals surface area contributed by atoms with Crippen molar-refractivity contribution in [3.8, 4) is 17.2 Å². The highest BCUT2D eigenvalue weighted by Gasteiger charge is 2.16. The van der Waals surface area contributed by atoms with Gasteiger partial charge in [-0.05, 0) is 60.5 Å². The van der Waals surface area contributed by atoms with Gasteiger partial charge in [-0.1, -0.05) is 0 Å². The third kappa shape index (κ3) is 3.70. The van der Waals surface area contributed by atoms with E-state index in [2.05, 4.69) is 21.3 Å². The lowest BCUT2D eigenvalue weighted by molar-refractivity contribution is 0.554. The van der Waals surface area contributed by atoms with E-state index in [-0.39, 0.29) is 11.4 Å². The van der Waals surface area contributed by atoms with Crippen molar-refractivity contribution in [2.75, 3.05) is 6.54 Å². The SMILES string of the molecule is Cc1nn(CCNS(=O)(=O)c2ccc(C#N)cc2)c(C)c1-c1ccsc1. The molecule has 3 rings (SSSR count). The number of nitrogens with one attached hydrogen (secondary N) is 1. The number of nitrogens with zero attached hydrogens (tertiary/aromatic N) is 3. The zero-order valence-corrected chi connectivity index (χ0v) is 16.1. The number of rotatable bonds is 6. The third-order valence-corrected chi connectivity index (χ3v) is 6.26. The van der Waals surface area contributed by atoms with Gasteiger partial charge in [-0.15, -0.1) is 0 Å². The molecule has 0 aliphatic carbocycles. The minimum atomic E-state index is -3.61. The number of aromatic nitrogens is 2. The van der Waals surface area contributed by atoms with E-state index in [9.17, 15) is 8.42 Å². The molecule has 0 fully saturated rings. The molecule has 1 N–H and O–H groups in total. The van der Waals surface area contributed by atoms with Crippen LogP contribution in [-0.4, -0.2) is 24.7 Å². The normalized spacial score (nSPS) is 11.4. The van der Waals surface area contributed by atoms with Crippen molar-refractivity contribution in [2.24, 2.45) is 0 Å². The maximum absolute atomic E-state index is 12.3. The largest absolute Gasteiger partial charge is 0.268 e. The molecule has 0 aliphatic rings. The molecule has 2 heterocycles. The molecule has 0 saturated heterocycles. The van der Waals surface area contributed by atoms with Gasteiger partial charge < -0.3 is 0 Å². The van der Waals surface area contributed by atoms with Crippen molar-refractivity contribution < 1.29 is 8.42 Å². The number of hydrogen-bond donors (Lipinski definition) is 1. The summed E-state index contributed by atoms with van der Waals surface area (Å²) in [6.07, 6.45) is 0. The summed E-state index contributed by atoms with van der Waals surface area (Å²) < 4.78 is 29.1. The van der Waals surface area contributed by atoms with Crippen LogP contribution < -0.4 is 4.72 Å². The van der Waals surface area contributed by atoms with E-state index in [4.69, 9.17) is 5.26 Å². The molecule has 0 bridgehead atoms. The van der Waals surface area contributed by atoms with Gasteiger partial charge in [-0.3, -0.25) is 4.68 Å². The Kier molecular flexibility index (Phi) is 5.23. The second-order valence-electron chi connectivity index (χ2n) is 5.81. The van der Waals surface area contributed by atoms with Gasteiger partial charge in [0, 0.05) is 17.8 Å². The first-order valence-corrected chi connectivity index (χ1v) is 10.4. The van der Waals surface area contributed by atoms with Crippen LogP contribution in [0, 0.1) is 25.2 Å². The summed E-state index contributed by atoms with van der Waals surface area (Å²) in [7, 11) is -3.61. The molecule has 0 atom stereocenters. The Morgan fingerprint density at radius 1 is 1.23 bits per heavy atom. The fourth-order valence-electron chi connectivity index (χ4n) is 2.82. The molecule has 0 saturated carbocycles. The zero-order valence-electron chi connectivity index (χ0n) is 14.4. The molecule has 2 aromatic heterocycles. The van der Waals surface area contributed by atoms with E-state index in [0.717, 1.165) is 22.5 Å². The summed E-state index contributed by atoms with van der Waals surface area (Å²) in [6.45, 7) is 4.61. The van der Waals surface area contributed by atoms with Gasteiger partial charge in [0.05, 0.1) is 28.8 Å². The van der Waals surface area contributed by atoms with Gasteiger partial charge >= 0.3 is 0 Å². The fraction of sp³-hybridized carbons (Fsp3) is 0.222. The van der Waals surface area contributed by atoms with Crippen molar-refractivity contribution >= 4 is 21.4 Å². The quantitative estimate of drug-likeness (QED) is 0.705. The number of benzene rings is 1. The average molecular weight is 387 g/mol. The maximum atomic E-state index is 12.3. The first kappa shape index (κ1) is 18.3. The molecular weight excluding hydrogens is 368 g/mol. The smallest absolute Gasteiger partial charge is 0.240 e. The molecule has 6 nitrogen and oxygen atoms in total. The van der Waals surface area contributed by atoms with E-state index in [1.165, 1.54) is 24.3 Å². The summed E-state index contributed by atoms with van der Waals surface area (Å²) in [4.78, 5) is 0.142. The Hall–Kier alpha value is -2.47. The van der Waals surface area contributed by atoms with Gasteiger partial charge in [-0.2, -0.15) is 21.7 Å². The highest BCUT2D eigenvalue weighted by molar-refractivity contribution is 7.89. The molecule has 134 valence electrons. The van der Waals surface area contributed by atoms with E-state index in [1.807, 2.05) is 30.0 Å². The van der Waals surface area contributed by atoms with Crippen molar-refractivity contribution in [3.63, 3.8) is 0 Å². The van der Waals surface area contributed by atoms with Gasteiger partial charge in [0.1, 0.15) is 0 Å². The summed E-state index contributed by atoms with van der Waals surface area (Å²) in [6, 6.07) is 9.86. The second-order valence-corrected chi connectivity index (χ2v) is 8.36. The molecule has 0 radical (unpaired) electrons. The number of nitriles is 1. The summed E-state index contributed by atoms with van der Waals surface area (Å²) >= 11 is 1.63. The van der Waals surface area contributed by atoms with Crippen LogP contribution in [0.1, 0.15) is 17.0 Å². The Morgan fingerprint density at radius 3 is 2.58 bits per heavy atom. The van der Waals surface area contributed by atoms with Crippen molar-refractivity contribution in [3.05, 3.63) is 58.0 Å². The van der Waals surface area contributed by atoms with Crippen LogP contribution in [0.4, 0.5) is 0 Å². The molecule has 8 heteroatoms. The Bertz CT molecular complexity index is 1040. The summed E-state index contributed by atoms with van der Waals surface area (Å²) in [5.74, 6) is 0. The lowest BCUT2D eigenvalue weighted by Crippen LogP contribution is -2.28. The summed E-state index contributed by atoms with van der Waals surface area (Å²) in [5.41, 5.74) is 4.59. The monoisotopic (exact) mass is 386 g/mol. The average Bonchev–Trinajstić information content (AvgIpc) is 3.23. The van der Waals surface area contributed by atoms with E-state index in [0.29, 0.717) is 12.1 Å². The molecule has 3 aromatic rings. The molecule has 1 aromatic carbocycles. The van der Waals surface area contributed by atoms with Crippen LogP contribution in [0.2, 0.25) is 0 Å². The topological polar surface area (TPSA) is 87.8 Å². The van der Waals surface area contributed by atoms with Crippen LogP contribution in [0.15, 0.2) is 46.0 Å². The molecule has 0 amide bonds. The van der Waals surface area contributed by atoms with E-state index >= 15 is 0 Å². The number of hydrogen-bond acceptors (Lipinski definition) is 5. The van der Waals surface area contributed by atoms with Gasteiger partial charge in [0.25, 0.3) is 0 Å². The van der Waals surface area contributed by atoms with Gasteiger partial charge in [-0.25, -0.2) is 13.1 Å². The first-order chi connectivity index (χ1) is 12.4. The van der Waals surface area contributed by atoms with Crippen LogP contribution in [-0.2, 0) is 16.6 Å². The second kappa shape index (κ2) is 7.41. The maximum Gasteiger partial charge on any atom is 0.240 e. The van der Waals surface area contributed by atoms with Crippen molar-refractivity contribution in [2.45, 2.75) is 25.3 Å². The predicted molar refractivity (Wildman–Crippen MR) is 101 cm³/mol. The minimum absolute atomic E-state index is 0.142. The third-order valence-electron chi connectivity index (χ3n) is 4.10. The number of sulfonamides is 1. The standard InChI is InChI=1S/C18H18N4O2S2/c1-13-18(16-7-10-25-12-16)14(2)22(21-13)9-8-20-26(23,24)17-5-3-15(11-19)4-6-17/h3-7,10,12,20H,8-9H2,1-2H3. The van der Waals surface area contributed by atoms with Gasteiger partial charge in [0.2, 0.25) is 10.0 Å². The van der Waals surface area contributed by atoms with Crippen molar-refractivity contribution in [1.82, 2.24) is 14.5 Å². The van der Waals surface area contributed by atoms with Crippen LogP contribution in [0.5, 0.6) is 0 Å². The minimum Gasteiger partial charge on any atom is -0.268 e. The Morgan fingerprint density at radius 2 is 1.96 bits per heavy atom. The highest BCUT2D eigenvalue weighted by Crippen LogP contribution is 2.28.